The van der Waals surface area contributed by atoms with Gasteiger partial charge in [0.1, 0.15) is 11.6 Å². The van der Waals surface area contributed by atoms with E-state index in [0.29, 0.717) is 12.1 Å². The van der Waals surface area contributed by atoms with E-state index in [1.165, 1.54) is 30.9 Å². The third-order valence-corrected chi connectivity index (χ3v) is 5.84. The maximum atomic E-state index is 13.7. The van der Waals surface area contributed by atoms with Gasteiger partial charge in [-0.25, -0.2) is 9.38 Å². The number of piperidine rings is 1. The van der Waals surface area contributed by atoms with Crippen molar-refractivity contribution < 1.29 is 14.2 Å². The van der Waals surface area contributed by atoms with Crippen LogP contribution in [0.25, 0.3) is 0 Å². The molecule has 1 fully saturated rings. The molecule has 0 amide bonds. The summed E-state index contributed by atoms with van der Waals surface area (Å²) in [6.45, 7) is 5.76. The highest BCUT2D eigenvalue weighted by Gasteiger charge is 2.22. The van der Waals surface area contributed by atoms with Gasteiger partial charge in [-0.3, -0.25) is 4.90 Å². The van der Waals surface area contributed by atoms with Gasteiger partial charge < -0.3 is 20.5 Å². The third kappa shape index (κ3) is 8.12. The second-order valence-electron chi connectivity index (χ2n) is 8.05. The van der Waals surface area contributed by atoms with Crippen molar-refractivity contribution >= 4 is 29.9 Å². The van der Waals surface area contributed by atoms with Crippen molar-refractivity contribution in [2.75, 3.05) is 33.3 Å². The Kier molecular flexibility index (Phi) is 11.9. The van der Waals surface area contributed by atoms with E-state index in [2.05, 4.69) is 32.7 Å². The lowest BCUT2D eigenvalue weighted by atomic mass is 10.0. The van der Waals surface area contributed by atoms with Crippen molar-refractivity contribution in [2.24, 2.45) is 4.99 Å². The smallest absolute Gasteiger partial charge is 0.191 e. The van der Waals surface area contributed by atoms with Gasteiger partial charge in [-0.2, -0.15) is 0 Å². The van der Waals surface area contributed by atoms with Crippen LogP contribution in [0.15, 0.2) is 47.5 Å². The number of nitrogens with one attached hydrogen (secondary N) is 2. The highest BCUT2D eigenvalue weighted by molar-refractivity contribution is 14.0. The van der Waals surface area contributed by atoms with E-state index >= 15 is 0 Å². The molecule has 2 aromatic carbocycles. The zero-order valence-corrected chi connectivity index (χ0v) is 21.8. The number of nitrogens with zero attached hydrogens (tertiary/aromatic N) is 2. The van der Waals surface area contributed by atoms with E-state index in [0.717, 1.165) is 43.5 Å². The average molecular weight is 570 g/mol. The number of aliphatic imine (C=N–C) groups is 1. The molecule has 1 aliphatic rings. The zero-order chi connectivity index (χ0) is 22.8. The van der Waals surface area contributed by atoms with Crippen LogP contribution in [-0.4, -0.2) is 49.3 Å². The van der Waals surface area contributed by atoms with E-state index in [4.69, 9.17) is 4.74 Å². The predicted molar refractivity (Wildman–Crippen MR) is 142 cm³/mol. The van der Waals surface area contributed by atoms with E-state index in [1.54, 1.807) is 19.2 Å². The molecule has 1 saturated heterocycles. The molecular weight excluding hydrogens is 534 g/mol. The SMILES string of the molecule is CCNC(=NCc1ccc(F)c(CO)c1)NCC(c1ccc(OC)cc1)N1CCCCC1.I. The Bertz CT molecular complexity index is 873. The Morgan fingerprint density at radius 2 is 1.85 bits per heavy atom. The zero-order valence-electron chi connectivity index (χ0n) is 19.5. The fraction of sp³-hybridized carbons (Fsp3) is 0.480. The van der Waals surface area contributed by atoms with Gasteiger partial charge in [0.05, 0.1) is 26.3 Å². The summed E-state index contributed by atoms with van der Waals surface area (Å²) in [4.78, 5) is 7.22. The molecule has 0 saturated carbocycles. The van der Waals surface area contributed by atoms with Crippen molar-refractivity contribution in [3.63, 3.8) is 0 Å². The lowest BCUT2D eigenvalue weighted by Gasteiger charge is -2.35. The third-order valence-electron chi connectivity index (χ3n) is 5.84. The lowest BCUT2D eigenvalue weighted by Crippen LogP contribution is -2.44. The maximum absolute atomic E-state index is 13.7. The molecule has 0 spiro atoms. The number of hydrogen-bond acceptors (Lipinski definition) is 4. The Morgan fingerprint density at radius 1 is 1.12 bits per heavy atom. The molecule has 2 aromatic rings. The number of aliphatic hydroxyl groups is 1. The Morgan fingerprint density at radius 3 is 2.48 bits per heavy atom. The van der Waals surface area contributed by atoms with E-state index in [9.17, 15) is 9.50 Å². The standard InChI is InChI=1S/C25H35FN4O2.HI/c1-3-27-25(28-16-19-7-12-23(26)21(15-19)18-31)29-17-24(30-13-5-4-6-14-30)20-8-10-22(32-2)11-9-20;/h7-12,15,24,31H,3-6,13-14,16-18H2,1-2H3,(H2,27,28,29);1H. The Labute approximate surface area is 213 Å². The monoisotopic (exact) mass is 570 g/mol. The molecule has 0 radical (unpaired) electrons. The van der Waals surface area contributed by atoms with Gasteiger partial charge in [0.15, 0.2) is 5.96 Å². The highest BCUT2D eigenvalue weighted by Crippen LogP contribution is 2.26. The number of halogens is 2. The molecule has 1 unspecified atom stereocenters. The minimum Gasteiger partial charge on any atom is -0.497 e. The molecule has 8 heteroatoms. The number of aliphatic hydroxyl groups excluding tert-OH is 1. The largest absolute Gasteiger partial charge is 0.497 e. The van der Waals surface area contributed by atoms with Gasteiger partial charge in [0, 0.05) is 18.7 Å². The van der Waals surface area contributed by atoms with Gasteiger partial charge >= 0.3 is 0 Å². The van der Waals surface area contributed by atoms with Gasteiger partial charge in [0.25, 0.3) is 0 Å². The molecule has 33 heavy (non-hydrogen) atoms. The molecule has 0 bridgehead atoms. The molecule has 3 rings (SSSR count). The molecule has 1 aliphatic heterocycles. The number of hydrogen-bond donors (Lipinski definition) is 3. The molecular formula is C25H36FIN4O2. The second kappa shape index (κ2) is 14.4. The first-order valence-electron chi connectivity index (χ1n) is 11.4. The number of benzene rings is 2. The van der Waals surface area contributed by atoms with Gasteiger partial charge in [0.2, 0.25) is 0 Å². The lowest BCUT2D eigenvalue weighted by molar-refractivity contribution is 0.164. The van der Waals surface area contributed by atoms with Crippen LogP contribution >= 0.6 is 24.0 Å². The molecule has 1 atom stereocenters. The average Bonchev–Trinajstić information content (AvgIpc) is 2.84. The summed E-state index contributed by atoms with van der Waals surface area (Å²) in [5, 5.41) is 16.1. The number of methoxy groups -OCH3 is 1. The van der Waals surface area contributed by atoms with Crippen LogP contribution in [0.5, 0.6) is 5.75 Å². The summed E-state index contributed by atoms with van der Waals surface area (Å²) >= 11 is 0. The molecule has 1 heterocycles. The van der Waals surface area contributed by atoms with E-state index in [1.807, 2.05) is 19.1 Å². The molecule has 182 valence electrons. The second-order valence-corrected chi connectivity index (χ2v) is 8.05. The topological polar surface area (TPSA) is 69.1 Å². The fourth-order valence-electron chi connectivity index (χ4n) is 4.07. The number of ether oxygens (including phenoxy) is 1. The van der Waals surface area contributed by atoms with Crippen LogP contribution in [0.2, 0.25) is 0 Å². The summed E-state index contributed by atoms with van der Waals surface area (Å²) in [6.07, 6.45) is 3.73. The summed E-state index contributed by atoms with van der Waals surface area (Å²) in [5.74, 6) is 1.18. The summed E-state index contributed by atoms with van der Waals surface area (Å²) in [5.41, 5.74) is 2.40. The first kappa shape index (κ1) is 27.3. The van der Waals surface area contributed by atoms with E-state index in [-0.39, 0.29) is 36.6 Å². The van der Waals surface area contributed by atoms with Crippen molar-refractivity contribution in [2.45, 2.75) is 45.4 Å². The maximum Gasteiger partial charge on any atom is 0.191 e. The highest BCUT2D eigenvalue weighted by atomic mass is 127. The number of likely N-dealkylation sites (tertiary alicyclic amines) is 1. The first-order chi connectivity index (χ1) is 15.6. The summed E-state index contributed by atoms with van der Waals surface area (Å²) in [6, 6.07) is 13.3. The normalized spacial score (nSPS) is 15.5. The predicted octanol–water partition coefficient (Wildman–Crippen LogP) is 4.23. The van der Waals surface area contributed by atoms with Crippen LogP contribution in [0.3, 0.4) is 0 Å². The van der Waals surface area contributed by atoms with Gasteiger partial charge in [-0.15, -0.1) is 24.0 Å². The molecule has 0 aliphatic carbocycles. The number of rotatable bonds is 9. The summed E-state index contributed by atoms with van der Waals surface area (Å²) < 4.78 is 19.0. The van der Waals surface area contributed by atoms with Crippen LogP contribution in [0.4, 0.5) is 4.39 Å². The van der Waals surface area contributed by atoms with Crippen molar-refractivity contribution in [3.05, 3.63) is 65.0 Å². The van der Waals surface area contributed by atoms with Crippen molar-refractivity contribution in [3.8, 4) is 5.75 Å². The first-order valence-corrected chi connectivity index (χ1v) is 11.4. The fourth-order valence-corrected chi connectivity index (χ4v) is 4.07. The Balaban J connectivity index is 0.00000385. The minimum absolute atomic E-state index is 0. The van der Waals surface area contributed by atoms with Crippen LogP contribution < -0.4 is 15.4 Å². The summed E-state index contributed by atoms with van der Waals surface area (Å²) in [7, 11) is 1.68. The molecule has 0 aromatic heterocycles. The van der Waals surface area contributed by atoms with Gasteiger partial charge in [-0.1, -0.05) is 24.6 Å². The van der Waals surface area contributed by atoms with Gasteiger partial charge in [-0.05, 0) is 68.2 Å². The van der Waals surface area contributed by atoms with Crippen molar-refractivity contribution in [1.29, 1.82) is 0 Å². The molecule has 6 nitrogen and oxygen atoms in total. The minimum atomic E-state index is -0.394. The quantitative estimate of drug-likeness (QED) is 0.239. The van der Waals surface area contributed by atoms with Crippen LogP contribution in [-0.2, 0) is 13.2 Å². The van der Waals surface area contributed by atoms with Crippen molar-refractivity contribution in [1.82, 2.24) is 15.5 Å². The van der Waals surface area contributed by atoms with E-state index < -0.39 is 5.82 Å². The van der Waals surface area contributed by atoms with Crippen LogP contribution in [0, 0.1) is 5.82 Å². The Hall–Kier alpha value is -1.91. The van der Waals surface area contributed by atoms with Crippen LogP contribution in [0.1, 0.15) is 48.9 Å². The molecule has 3 N–H and O–H groups in total. The number of guanidine groups is 1.